The first-order valence-corrected chi connectivity index (χ1v) is 7.26. The van der Waals surface area contributed by atoms with E-state index in [4.69, 9.17) is 5.26 Å². The molecule has 1 saturated carbocycles. The van der Waals surface area contributed by atoms with Crippen molar-refractivity contribution in [1.29, 1.82) is 5.26 Å². The molecule has 0 saturated heterocycles. The third kappa shape index (κ3) is 4.55. The fraction of sp³-hybridized carbons (Fsp3) is 0.412. The van der Waals surface area contributed by atoms with Gasteiger partial charge in [0.15, 0.2) is 0 Å². The van der Waals surface area contributed by atoms with Gasteiger partial charge in [-0.05, 0) is 36.6 Å². The molecule has 0 atom stereocenters. The Morgan fingerprint density at radius 1 is 1.15 bits per heavy atom. The van der Waals surface area contributed by atoms with Crippen molar-refractivity contribution in [2.45, 2.75) is 44.6 Å². The Kier molecular flexibility index (Phi) is 5.37. The van der Waals surface area contributed by atoms with Crippen LogP contribution >= 0.6 is 0 Å². The molecule has 1 aromatic rings. The molecule has 3 nitrogen and oxygen atoms in total. The molecule has 1 N–H and O–H groups in total. The minimum Gasteiger partial charge on any atom is -0.350 e. The van der Waals surface area contributed by atoms with Gasteiger partial charge in [-0.25, -0.2) is 0 Å². The summed E-state index contributed by atoms with van der Waals surface area (Å²) in [5, 5.41) is 11.8. The van der Waals surface area contributed by atoms with Gasteiger partial charge in [-0.3, -0.25) is 4.79 Å². The van der Waals surface area contributed by atoms with Crippen molar-refractivity contribution in [3.8, 4) is 6.07 Å². The molecule has 0 aromatic heterocycles. The third-order valence-corrected chi connectivity index (χ3v) is 3.67. The number of amides is 1. The van der Waals surface area contributed by atoms with Crippen LogP contribution in [0.1, 0.15) is 49.7 Å². The molecular formula is C17H20N2O. The highest BCUT2D eigenvalue weighted by molar-refractivity contribution is 5.91. The first kappa shape index (κ1) is 14.3. The maximum atomic E-state index is 11.9. The molecule has 1 fully saturated rings. The van der Waals surface area contributed by atoms with E-state index in [-0.39, 0.29) is 5.91 Å². The molecule has 1 amide bonds. The van der Waals surface area contributed by atoms with Crippen LogP contribution in [0.25, 0.3) is 6.08 Å². The first-order chi connectivity index (χ1) is 9.78. The monoisotopic (exact) mass is 268 g/mol. The van der Waals surface area contributed by atoms with E-state index in [9.17, 15) is 4.79 Å². The van der Waals surface area contributed by atoms with Gasteiger partial charge in [0.05, 0.1) is 11.6 Å². The molecule has 1 aliphatic carbocycles. The highest BCUT2D eigenvalue weighted by Crippen LogP contribution is 2.17. The highest BCUT2D eigenvalue weighted by atomic mass is 16.1. The van der Waals surface area contributed by atoms with Crippen molar-refractivity contribution >= 4 is 12.0 Å². The maximum absolute atomic E-state index is 11.9. The number of hydrogen-bond acceptors (Lipinski definition) is 2. The topological polar surface area (TPSA) is 52.9 Å². The first-order valence-electron chi connectivity index (χ1n) is 7.26. The quantitative estimate of drug-likeness (QED) is 0.674. The van der Waals surface area contributed by atoms with Crippen molar-refractivity contribution in [3.63, 3.8) is 0 Å². The second-order valence-electron chi connectivity index (χ2n) is 5.26. The fourth-order valence-corrected chi connectivity index (χ4v) is 2.51. The molecule has 2 rings (SSSR count). The molecule has 104 valence electrons. The molecule has 20 heavy (non-hydrogen) atoms. The average molecular weight is 268 g/mol. The lowest BCUT2D eigenvalue weighted by atomic mass is 10.1. The van der Waals surface area contributed by atoms with E-state index in [1.807, 2.05) is 12.1 Å². The minimum absolute atomic E-state index is 0.0266. The summed E-state index contributed by atoms with van der Waals surface area (Å²) >= 11 is 0. The number of carbonyl (C=O) groups is 1. The SMILES string of the molecule is N#Cc1ccc(/C=C/C(=O)NC2CCCCCC2)cc1. The second-order valence-corrected chi connectivity index (χ2v) is 5.26. The molecular weight excluding hydrogens is 248 g/mol. The number of benzene rings is 1. The largest absolute Gasteiger partial charge is 0.350 e. The van der Waals surface area contributed by atoms with Crippen LogP contribution in [0.2, 0.25) is 0 Å². The van der Waals surface area contributed by atoms with E-state index in [0.717, 1.165) is 18.4 Å². The molecule has 0 bridgehead atoms. The van der Waals surface area contributed by atoms with Crippen LogP contribution in [0.3, 0.4) is 0 Å². The molecule has 3 heteroatoms. The van der Waals surface area contributed by atoms with Crippen LogP contribution in [0, 0.1) is 11.3 Å². The van der Waals surface area contributed by atoms with Gasteiger partial charge >= 0.3 is 0 Å². The van der Waals surface area contributed by atoms with Crippen LogP contribution in [-0.4, -0.2) is 11.9 Å². The van der Waals surface area contributed by atoms with Crippen molar-refractivity contribution in [1.82, 2.24) is 5.32 Å². The van der Waals surface area contributed by atoms with Gasteiger partial charge in [-0.15, -0.1) is 0 Å². The Balaban J connectivity index is 1.86. The lowest BCUT2D eigenvalue weighted by Gasteiger charge is -2.14. The van der Waals surface area contributed by atoms with Crippen LogP contribution in [0.4, 0.5) is 0 Å². The predicted octanol–water partition coefficient (Wildman–Crippen LogP) is 3.41. The standard InChI is InChI=1S/C17H20N2O/c18-13-15-9-7-14(8-10-15)11-12-17(20)19-16-5-3-1-2-4-6-16/h7-12,16H,1-6H2,(H,19,20)/b12-11+. The zero-order chi connectivity index (χ0) is 14.2. The minimum atomic E-state index is -0.0266. The Bertz CT molecular complexity index is 503. The normalized spacial score (nSPS) is 16.6. The summed E-state index contributed by atoms with van der Waals surface area (Å²) in [5.41, 5.74) is 1.56. The van der Waals surface area contributed by atoms with E-state index >= 15 is 0 Å². The lowest BCUT2D eigenvalue weighted by Crippen LogP contribution is -2.33. The summed E-state index contributed by atoms with van der Waals surface area (Å²) in [7, 11) is 0. The van der Waals surface area contributed by atoms with E-state index < -0.39 is 0 Å². The molecule has 0 heterocycles. The highest BCUT2D eigenvalue weighted by Gasteiger charge is 2.12. The number of nitrogens with zero attached hydrogens (tertiary/aromatic N) is 1. The van der Waals surface area contributed by atoms with Crippen LogP contribution in [0.5, 0.6) is 0 Å². The van der Waals surface area contributed by atoms with Crippen molar-refractivity contribution in [2.24, 2.45) is 0 Å². The van der Waals surface area contributed by atoms with Crippen LogP contribution in [-0.2, 0) is 4.79 Å². The molecule has 0 radical (unpaired) electrons. The zero-order valence-corrected chi connectivity index (χ0v) is 11.6. The van der Waals surface area contributed by atoms with E-state index in [1.54, 1.807) is 24.3 Å². The number of nitrogens with one attached hydrogen (secondary N) is 1. The summed E-state index contributed by atoms with van der Waals surface area (Å²) in [5.74, 6) is -0.0266. The molecule has 0 unspecified atom stereocenters. The molecule has 0 aliphatic heterocycles. The van der Waals surface area contributed by atoms with Crippen molar-refractivity contribution in [2.75, 3.05) is 0 Å². The van der Waals surface area contributed by atoms with Gasteiger partial charge < -0.3 is 5.32 Å². The summed E-state index contributed by atoms with van der Waals surface area (Å²) in [4.78, 5) is 11.9. The second kappa shape index (κ2) is 7.49. The number of rotatable bonds is 3. The van der Waals surface area contributed by atoms with Gasteiger partial charge in [0.2, 0.25) is 5.91 Å². The van der Waals surface area contributed by atoms with E-state index in [2.05, 4.69) is 11.4 Å². The summed E-state index contributed by atoms with van der Waals surface area (Å²) in [6, 6.07) is 9.59. The predicted molar refractivity (Wildman–Crippen MR) is 79.8 cm³/mol. The van der Waals surface area contributed by atoms with Crippen molar-refractivity contribution in [3.05, 3.63) is 41.5 Å². The Hall–Kier alpha value is -2.08. The van der Waals surface area contributed by atoms with E-state index in [0.29, 0.717) is 11.6 Å². The Morgan fingerprint density at radius 3 is 2.40 bits per heavy atom. The van der Waals surface area contributed by atoms with E-state index in [1.165, 1.54) is 25.7 Å². The molecule has 0 spiro atoms. The fourth-order valence-electron chi connectivity index (χ4n) is 2.51. The van der Waals surface area contributed by atoms with Gasteiger partial charge in [0.25, 0.3) is 0 Å². The maximum Gasteiger partial charge on any atom is 0.244 e. The average Bonchev–Trinajstić information content (AvgIpc) is 2.74. The van der Waals surface area contributed by atoms with Gasteiger partial charge in [-0.2, -0.15) is 5.26 Å². The lowest BCUT2D eigenvalue weighted by molar-refractivity contribution is -0.117. The van der Waals surface area contributed by atoms with Gasteiger partial charge in [0, 0.05) is 12.1 Å². The summed E-state index contributed by atoms with van der Waals surface area (Å²) in [6.07, 6.45) is 10.5. The number of carbonyl (C=O) groups excluding carboxylic acids is 1. The number of hydrogen-bond donors (Lipinski definition) is 1. The summed E-state index contributed by atoms with van der Waals surface area (Å²) < 4.78 is 0. The zero-order valence-electron chi connectivity index (χ0n) is 11.6. The summed E-state index contributed by atoms with van der Waals surface area (Å²) in [6.45, 7) is 0. The molecule has 1 aromatic carbocycles. The number of nitriles is 1. The smallest absolute Gasteiger partial charge is 0.244 e. The van der Waals surface area contributed by atoms with Gasteiger partial charge in [-0.1, -0.05) is 37.8 Å². The van der Waals surface area contributed by atoms with Crippen LogP contribution < -0.4 is 5.32 Å². The Labute approximate surface area is 120 Å². The third-order valence-electron chi connectivity index (χ3n) is 3.67. The van der Waals surface area contributed by atoms with Crippen LogP contribution in [0.15, 0.2) is 30.3 Å². The van der Waals surface area contributed by atoms with Gasteiger partial charge in [0.1, 0.15) is 0 Å². The Morgan fingerprint density at radius 2 is 1.80 bits per heavy atom. The van der Waals surface area contributed by atoms with Crippen molar-refractivity contribution < 1.29 is 4.79 Å². The molecule has 1 aliphatic rings.